The molecule has 0 bridgehead atoms. The summed E-state index contributed by atoms with van der Waals surface area (Å²) in [5.41, 5.74) is 0. The van der Waals surface area contributed by atoms with Crippen molar-refractivity contribution in [3.8, 4) is 0 Å². The van der Waals surface area contributed by atoms with Crippen LogP contribution in [0.15, 0.2) is 0 Å². The van der Waals surface area contributed by atoms with Gasteiger partial charge in [-0.3, -0.25) is 9.59 Å². The van der Waals surface area contributed by atoms with Crippen molar-refractivity contribution >= 4 is 34.3 Å². The summed E-state index contributed by atoms with van der Waals surface area (Å²) < 4.78 is 5.83. The number of hydrogen-bond acceptors (Lipinski definition) is 3. The Morgan fingerprint density at radius 1 is 1.64 bits per heavy atom. The summed E-state index contributed by atoms with van der Waals surface area (Å²) in [6, 6.07) is 0. The molecule has 1 aliphatic carbocycles. The molecule has 4 heteroatoms. The lowest BCUT2D eigenvalue weighted by atomic mass is 10.0. The average Bonchev–Trinajstić information content (AvgIpc) is 2.48. The Hall–Kier alpha value is -0.130. The second-order valence-electron chi connectivity index (χ2n) is 3.63. The zero-order chi connectivity index (χ0) is 10.6. The van der Waals surface area contributed by atoms with Gasteiger partial charge in [0.25, 0.3) is 0 Å². The second-order valence-corrected chi connectivity index (χ2v) is 4.51. The van der Waals surface area contributed by atoms with Crippen LogP contribution in [0.5, 0.6) is 0 Å². The molecule has 1 saturated carbocycles. The van der Waals surface area contributed by atoms with Gasteiger partial charge < -0.3 is 4.74 Å². The molecule has 0 radical (unpaired) electrons. The highest BCUT2D eigenvalue weighted by Gasteiger charge is 2.33. The molecule has 0 aliphatic heterocycles. The number of carbonyl (C=O) groups excluding carboxylic acids is 2. The zero-order valence-electron chi connectivity index (χ0n) is 8.29. The average molecular weight is 310 g/mol. The summed E-state index contributed by atoms with van der Waals surface area (Å²) in [5, 5.41) is 0. The maximum absolute atomic E-state index is 11.5. The van der Waals surface area contributed by atoms with Crippen molar-refractivity contribution in [3.05, 3.63) is 0 Å². The van der Waals surface area contributed by atoms with E-state index >= 15 is 0 Å². The molecule has 0 amide bonds. The molecule has 0 aromatic carbocycles. The van der Waals surface area contributed by atoms with Gasteiger partial charge in [-0.25, -0.2) is 0 Å². The number of hydrogen-bond donors (Lipinski definition) is 0. The molecule has 0 aromatic heterocycles. The smallest absolute Gasteiger partial charge is 0.306 e. The maximum atomic E-state index is 11.5. The molecule has 1 aliphatic rings. The third kappa shape index (κ3) is 3.22. The molecule has 1 fully saturated rings. The van der Waals surface area contributed by atoms with Gasteiger partial charge in [0, 0.05) is 16.8 Å². The molecule has 2 atom stereocenters. The minimum Gasteiger partial charge on any atom is -0.466 e. The van der Waals surface area contributed by atoms with Gasteiger partial charge in [0.1, 0.15) is 5.78 Å². The Labute approximate surface area is 97.7 Å². The van der Waals surface area contributed by atoms with Gasteiger partial charge in [0.2, 0.25) is 0 Å². The summed E-state index contributed by atoms with van der Waals surface area (Å²) in [5.74, 6) is 0.399. The third-order valence-electron chi connectivity index (χ3n) is 2.50. The van der Waals surface area contributed by atoms with Crippen LogP contribution in [0.1, 0.15) is 26.2 Å². The highest BCUT2D eigenvalue weighted by molar-refractivity contribution is 14.1. The predicted octanol–water partition coefficient (Wildman–Crippen LogP) is 1.97. The lowest BCUT2D eigenvalue weighted by Crippen LogP contribution is -2.14. The predicted molar refractivity (Wildman–Crippen MR) is 61.4 cm³/mol. The van der Waals surface area contributed by atoms with E-state index in [1.807, 2.05) is 0 Å². The van der Waals surface area contributed by atoms with Gasteiger partial charge in [0.15, 0.2) is 0 Å². The first-order chi connectivity index (χ1) is 6.67. The summed E-state index contributed by atoms with van der Waals surface area (Å²) in [4.78, 5) is 22.6. The Morgan fingerprint density at radius 2 is 2.36 bits per heavy atom. The number of rotatable bonds is 4. The monoisotopic (exact) mass is 310 g/mol. The fourth-order valence-electron chi connectivity index (χ4n) is 1.80. The molecule has 0 spiro atoms. The summed E-state index contributed by atoms with van der Waals surface area (Å²) in [7, 11) is 0. The molecular formula is C10H15IO3. The lowest BCUT2D eigenvalue weighted by molar-refractivity contribution is -0.145. The van der Waals surface area contributed by atoms with Crippen LogP contribution in [0.4, 0.5) is 0 Å². The first-order valence-electron chi connectivity index (χ1n) is 4.91. The zero-order valence-corrected chi connectivity index (χ0v) is 10.5. The van der Waals surface area contributed by atoms with E-state index in [4.69, 9.17) is 4.74 Å². The van der Waals surface area contributed by atoms with Crippen molar-refractivity contribution < 1.29 is 14.3 Å². The van der Waals surface area contributed by atoms with Crippen molar-refractivity contribution in [1.82, 2.24) is 0 Å². The Morgan fingerprint density at radius 3 is 2.86 bits per heavy atom. The van der Waals surface area contributed by atoms with E-state index in [1.54, 1.807) is 6.92 Å². The third-order valence-corrected chi connectivity index (χ3v) is 3.75. The van der Waals surface area contributed by atoms with Crippen LogP contribution in [0.3, 0.4) is 0 Å². The van der Waals surface area contributed by atoms with Crippen LogP contribution in [0.25, 0.3) is 0 Å². The van der Waals surface area contributed by atoms with Crippen molar-refractivity contribution in [3.63, 3.8) is 0 Å². The second kappa shape index (κ2) is 5.68. The van der Waals surface area contributed by atoms with E-state index in [1.165, 1.54) is 0 Å². The van der Waals surface area contributed by atoms with Crippen molar-refractivity contribution in [2.75, 3.05) is 11.0 Å². The summed E-state index contributed by atoms with van der Waals surface area (Å²) in [6.45, 7) is 2.18. The van der Waals surface area contributed by atoms with Gasteiger partial charge in [-0.2, -0.15) is 0 Å². The fourth-order valence-corrected chi connectivity index (χ4v) is 2.48. The minimum atomic E-state index is -0.236. The lowest BCUT2D eigenvalue weighted by Gasteiger charge is -2.07. The fraction of sp³-hybridized carbons (Fsp3) is 0.800. The highest BCUT2D eigenvalue weighted by Crippen LogP contribution is 2.31. The largest absolute Gasteiger partial charge is 0.466 e. The topological polar surface area (TPSA) is 43.4 Å². The first-order valence-corrected chi connectivity index (χ1v) is 6.44. The first kappa shape index (κ1) is 11.9. The number of esters is 1. The van der Waals surface area contributed by atoms with E-state index in [-0.39, 0.29) is 24.1 Å². The molecule has 0 saturated heterocycles. The van der Waals surface area contributed by atoms with Crippen molar-refractivity contribution in [2.24, 2.45) is 11.8 Å². The molecule has 0 heterocycles. The Bertz CT molecular complexity index is 227. The van der Waals surface area contributed by atoms with Gasteiger partial charge in [-0.1, -0.05) is 22.6 Å². The Kier molecular flexibility index (Phi) is 4.84. The van der Waals surface area contributed by atoms with Crippen LogP contribution in [0.2, 0.25) is 0 Å². The molecule has 3 nitrogen and oxygen atoms in total. The Balaban J connectivity index is 2.38. The van der Waals surface area contributed by atoms with Crippen LogP contribution in [0, 0.1) is 11.8 Å². The van der Waals surface area contributed by atoms with E-state index in [2.05, 4.69) is 22.6 Å². The number of Topliss-reactive ketones (excluding diaryl/α,β-unsaturated/α-hetero) is 1. The quantitative estimate of drug-likeness (QED) is 0.453. The van der Waals surface area contributed by atoms with E-state index in [0.717, 1.165) is 10.8 Å². The number of ether oxygens (including phenoxy) is 1. The number of alkyl halides is 1. The van der Waals surface area contributed by atoms with E-state index in [9.17, 15) is 9.59 Å². The molecule has 0 unspecified atom stereocenters. The summed E-state index contributed by atoms with van der Waals surface area (Å²) in [6.07, 6.45) is 1.79. The molecule has 0 aromatic rings. The number of carbonyl (C=O) groups is 2. The van der Waals surface area contributed by atoms with Gasteiger partial charge in [-0.15, -0.1) is 0 Å². The maximum Gasteiger partial charge on any atom is 0.306 e. The molecular weight excluding hydrogens is 295 g/mol. The van der Waals surface area contributed by atoms with Crippen LogP contribution >= 0.6 is 22.6 Å². The van der Waals surface area contributed by atoms with Crippen molar-refractivity contribution in [2.45, 2.75) is 26.2 Å². The summed E-state index contributed by atoms with van der Waals surface area (Å²) >= 11 is 2.29. The SMILES string of the molecule is CCOC(=O)C[C@@H]1C[C@H](CI)CC1=O. The molecule has 0 N–H and O–H groups in total. The van der Waals surface area contributed by atoms with E-state index < -0.39 is 0 Å². The minimum absolute atomic E-state index is 0.0752. The molecule has 14 heavy (non-hydrogen) atoms. The van der Waals surface area contributed by atoms with E-state index in [0.29, 0.717) is 18.9 Å². The van der Waals surface area contributed by atoms with Crippen LogP contribution in [-0.2, 0) is 14.3 Å². The number of halogens is 1. The molecule has 80 valence electrons. The highest BCUT2D eigenvalue weighted by atomic mass is 127. The van der Waals surface area contributed by atoms with Crippen LogP contribution < -0.4 is 0 Å². The van der Waals surface area contributed by atoms with Crippen LogP contribution in [-0.4, -0.2) is 22.8 Å². The number of ketones is 1. The van der Waals surface area contributed by atoms with Gasteiger partial charge in [-0.05, 0) is 19.3 Å². The standard InChI is InChI=1S/C10H15IO3/c1-2-14-10(13)5-8-3-7(6-11)4-9(8)12/h7-8H,2-6H2,1H3/t7-,8-/m0/s1. The van der Waals surface area contributed by atoms with Crippen molar-refractivity contribution in [1.29, 1.82) is 0 Å². The molecule has 1 rings (SSSR count). The van der Waals surface area contributed by atoms with Gasteiger partial charge in [0.05, 0.1) is 13.0 Å². The van der Waals surface area contributed by atoms with Gasteiger partial charge >= 0.3 is 5.97 Å². The normalized spacial score (nSPS) is 26.6.